The molecule has 1 heterocycles. The highest BCUT2D eigenvalue weighted by molar-refractivity contribution is 7.99. The smallest absolute Gasteiger partial charge is 0.303 e. The van der Waals surface area contributed by atoms with Gasteiger partial charge in [-0.3, -0.25) is 9.59 Å². The molecule has 2 atom stereocenters. The van der Waals surface area contributed by atoms with Gasteiger partial charge in [-0.2, -0.15) is 11.8 Å². The molecule has 4 N–H and O–H groups in total. The van der Waals surface area contributed by atoms with Crippen molar-refractivity contribution in [1.29, 1.82) is 0 Å². The normalized spacial score (nSPS) is 22.3. The van der Waals surface area contributed by atoms with Gasteiger partial charge in [0.1, 0.15) is 0 Å². The molecule has 0 radical (unpaired) electrons. The molecule has 1 rings (SSSR count). The highest BCUT2D eigenvalue weighted by Gasteiger charge is 2.21. The first-order valence-corrected chi connectivity index (χ1v) is 6.10. The Balaban J connectivity index is 2.22. The maximum atomic E-state index is 11.5. The topological polar surface area (TPSA) is 92.4 Å². The second-order valence-corrected chi connectivity index (χ2v) is 4.76. The molecular formula is C9H16N2O3S. The van der Waals surface area contributed by atoms with Crippen molar-refractivity contribution in [3.63, 3.8) is 0 Å². The molecule has 1 aliphatic rings. The van der Waals surface area contributed by atoms with E-state index in [4.69, 9.17) is 10.8 Å². The first-order valence-electron chi connectivity index (χ1n) is 4.95. The maximum absolute atomic E-state index is 11.5. The lowest BCUT2D eigenvalue weighted by atomic mass is 10.1. The number of thioether (sulfide) groups is 1. The van der Waals surface area contributed by atoms with Gasteiger partial charge in [0.15, 0.2) is 0 Å². The second-order valence-electron chi connectivity index (χ2n) is 3.61. The average molecular weight is 232 g/mol. The Morgan fingerprint density at radius 2 is 2.33 bits per heavy atom. The van der Waals surface area contributed by atoms with Gasteiger partial charge in [0, 0.05) is 18.2 Å². The Morgan fingerprint density at radius 3 is 2.87 bits per heavy atom. The zero-order valence-electron chi connectivity index (χ0n) is 8.44. The lowest BCUT2D eigenvalue weighted by Gasteiger charge is -2.15. The molecule has 1 aliphatic heterocycles. The van der Waals surface area contributed by atoms with Crippen LogP contribution in [0, 0.1) is 0 Å². The van der Waals surface area contributed by atoms with Crippen LogP contribution in [0.4, 0.5) is 0 Å². The summed E-state index contributed by atoms with van der Waals surface area (Å²) in [7, 11) is 0. The molecule has 0 aliphatic carbocycles. The molecule has 1 fully saturated rings. The fourth-order valence-corrected chi connectivity index (χ4v) is 2.52. The number of nitrogens with one attached hydrogen (secondary N) is 1. The van der Waals surface area contributed by atoms with Crippen molar-refractivity contribution >= 4 is 23.6 Å². The van der Waals surface area contributed by atoms with Crippen molar-refractivity contribution in [1.82, 2.24) is 5.32 Å². The van der Waals surface area contributed by atoms with Gasteiger partial charge in [0.25, 0.3) is 0 Å². The predicted octanol–water partition coefficient (Wildman–Crippen LogP) is -0.200. The fraction of sp³-hybridized carbons (Fsp3) is 0.778. The highest BCUT2D eigenvalue weighted by atomic mass is 32.2. The van der Waals surface area contributed by atoms with Crippen LogP contribution in [0.3, 0.4) is 0 Å². The number of carboxylic acids is 1. The lowest BCUT2D eigenvalue weighted by molar-refractivity contribution is -0.137. The molecule has 0 aromatic carbocycles. The molecule has 0 bridgehead atoms. The van der Waals surface area contributed by atoms with Crippen molar-refractivity contribution in [2.45, 2.75) is 31.3 Å². The number of carbonyl (C=O) groups excluding carboxylic acids is 1. The van der Waals surface area contributed by atoms with Crippen LogP contribution in [0.15, 0.2) is 0 Å². The standard InChI is InChI=1S/C9H16N2O3S/c10-7(1-2-8(12)13)9(14)11-6-3-4-15-5-6/h6-7H,1-5,10H2,(H,11,14)(H,12,13). The molecule has 1 amide bonds. The summed E-state index contributed by atoms with van der Waals surface area (Å²) in [6.07, 6.45) is 1.11. The van der Waals surface area contributed by atoms with Gasteiger partial charge >= 0.3 is 5.97 Å². The monoisotopic (exact) mass is 232 g/mol. The largest absolute Gasteiger partial charge is 0.481 e. The van der Waals surface area contributed by atoms with Gasteiger partial charge in [0.05, 0.1) is 6.04 Å². The van der Waals surface area contributed by atoms with Gasteiger partial charge in [-0.25, -0.2) is 0 Å². The van der Waals surface area contributed by atoms with E-state index in [9.17, 15) is 9.59 Å². The first kappa shape index (κ1) is 12.3. The number of carbonyl (C=O) groups is 2. The molecular weight excluding hydrogens is 216 g/mol. The molecule has 0 spiro atoms. The summed E-state index contributed by atoms with van der Waals surface area (Å²) in [5, 5.41) is 11.3. The molecule has 86 valence electrons. The van der Waals surface area contributed by atoms with Gasteiger partial charge in [-0.15, -0.1) is 0 Å². The van der Waals surface area contributed by atoms with Gasteiger partial charge in [-0.05, 0) is 18.6 Å². The molecule has 0 saturated carbocycles. The van der Waals surface area contributed by atoms with E-state index in [-0.39, 0.29) is 24.8 Å². The summed E-state index contributed by atoms with van der Waals surface area (Å²) in [6, 6.07) is -0.495. The Labute approximate surface area is 92.8 Å². The fourth-order valence-electron chi connectivity index (χ4n) is 1.37. The third-order valence-electron chi connectivity index (χ3n) is 2.28. The number of hydrogen-bond donors (Lipinski definition) is 3. The molecule has 1 saturated heterocycles. The zero-order valence-corrected chi connectivity index (χ0v) is 9.26. The van der Waals surface area contributed by atoms with E-state index < -0.39 is 12.0 Å². The number of nitrogens with two attached hydrogens (primary N) is 1. The van der Waals surface area contributed by atoms with Crippen LogP contribution < -0.4 is 11.1 Å². The summed E-state index contributed by atoms with van der Waals surface area (Å²) in [5.74, 6) is 0.839. The van der Waals surface area contributed by atoms with Gasteiger partial charge in [-0.1, -0.05) is 0 Å². The van der Waals surface area contributed by atoms with Crippen LogP contribution >= 0.6 is 11.8 Å². The maximum Gasteiger partial charge on any atom is 0.303 e. The number of aliphatic carboxylic acids is 1. The summed E-state index contributed by atoms with van der Waals surface area (Å²) in [4.78, 5) is 21.8. The van der Waals surface area contributed by atoms with Crippen molar-refractivity contribution < 1.29 is 14.7 Å². The second kappa shape index (κ2) is 5.97. The SMILES string of the molecule is NC(CCC(=O)O)C(=O)NC1CCSC1. The molecule has 2 unspecified atom stereocenters. The number of carboxylic acid groups (broad SMARTS) is 1. The van der Waals surface area contributed by atoms with Crippen LogP contribution in [0.1, 0.15) is 19.3 Å². The molecule has 15 heavy (non-hydrogen) atoms. The van der Waals surface area contributed by atoms with Crippen molar-refractivity contribution in [2.24, 2.45) is 5.73 Å². The quantitative estimate of drug-likeness (QED) is 0.610. The summed E-state index contributed by atoms with van der Waals surface area (Å²) >= 11 is 1.80. The van der Waals surface area contributed by atoms with Crippen LogP contribution in [0.2, 0.25) is 0 Å². The van der Waals surface area contributed by atoms with Crippen LogP contribution in [0.25, 0.3) is 0 Å². The molecule has 5 nitrogen and oxygen atoms in total. The van der Waals surface area contributed by atoms with Crippen molar-refractivity contribution in [3.05, 3.63) is 0 Å². The summed E-state index contributed by atoms with van der Waals surface area (Å²) in [6.45, 7) is 0. The van der Waals surface area contributed by atoms with E-state index in [0.717, 1.165) is 17.9 Å². The minimum atomic E-state index is -0.922. The van der Waals surface area contributed by atoms with E-state index in [1.54, 1.807) is 11.8 Å². The number of amides is 1. The van der Waals surface area contributed by atoms with Crippen molar-refractivity contribution in [3.8, 4) is 0 Å². The molecule has 0 aromatic heterocycles. The van der Waals surface area contributed by atoms with Crippen LogP contribution in [0.5, 0.6) is 0 Å². The molecule has 0 aromatic rings. The van der Waals surface area contributed by atoms with Gasteiger partial charge < -0.3 is 16.2 Å². The predicted molar refractivity (Wildman–Crippen MR) is 58.7 cm³/mol. The van der Waals surface area contributed by atoms with Crippen LogP contribution in [-0.2, 0) is 9.59 Å². The van der Waals surface area contributed by atoms with Crippen molar-refractivity contribution in [2.75, 3.05) is 11.5 Å². The molecule has 6 heteroatoms. The van der Waals surface area contributed by atoms with E-state index in [2.05, 4.69) is 5.32 Å². The van der Waals surface area contributed by atoms with E-state index in [1.165, 1.54) is 0 Å². The Hall–Kier alpha value is -0.750. The van der Waals surface area contributed by atoms with E-state index in [1.807, 2.05) is 0 Å². The van der Waals surface area contributed by atoms with Crippen LogP contribution in [-0.4, -0.2) is 40.6 Å². The third kappa shape index (κ3) is 4.53. The lowest BCUT2D eigenvalue weighted by Crippen LogP contribution is -2.45. The average Bonchev–Trinajstić information content (AvgIpc) is 2.66. The summed E-state index contributed by atoms with van der Waals surface area (Å²) in [5.41, 5.74) is 5.56. The van der Waals surface area contributed by atoms with E-state index >= 15 is 0 Å². The number of hydrogen-bond acceptors (Lipinski definition) is 4. The van der Waals surface area contributed by atoms with Gasteiger partial charge in [0.2, 0.25) is 5.91 Å². The zero-order chi connectivity index (χ0) is 11.3. The highest BCUT2D eigenvalue weighted by Crippen LogP contribution is 2.17. The Morgan fingerprint density at radius 1 is 1.60 bits per heavy atom. The summed E-state index contributed by atoms with van der Waals surface area (Å²) < 4.78 is 0. The Bertz CT molecular complexity index is 242. The number of rotatable bonds is 5. The third-order valence-corrected chi connectivity index (χ3v) is 3.44. The first-order chi connectivity index (χ1) is 7.09. The Kier molecular flexibility index (Phi) is 4.90. The van der Waals surface area contributed by atoms with E-state index in [0.29, 0.717) is 0 Å². The minimum absolute atomic E-state index is 0.0615. The minimum Gasteiger partial charge on any atom is -0.481 e.